The fraction of sp³-hybridized carbons (Fsp3) is 0.480. The number of halogens is 3. The van der Waals surface area contributed by atoms with Crippen LogP contribution in [0.3, 0.4) is 0 Å². The summed E-state index contributed by atoms with van der Waals surface area (Å²) >= 11 is 0. The zero-order chi connectivity index (χ0) is 24.3. The van der Waals surface area contributed by atoms with Gasteiger partial charge in [0.05, 0.1) is 17.6 Å². The number of fused-ring (bicyclic) bond motifs is 1. The van der Waals surface area contributed by atoms with Crippen LogP contribution < -0.4 is 4.74 Å². The third kappa shape index (κ3) is 6.07. The van der Waals surface area contributed by atoms with Gasteiger partial charge in [0.25, 0.3) is 0 Å². The lowest BCUT2D eigenvalue weighted by molar-refractivity contribution is -0.274. The summed E-state index contributed by atoms with van der Waals surface area (Å²) in [4.78, 5) is 17.9. The van der Waals surface area contributed by atoms with Gasteiger partial charge in [-0.2, -0.15) is 5.10 Å². The van der Waals surface area contributed by atoms with Gasteiger partial charge in [-0.15, -0.1) is 13.2 Å². The lowest BCUT2D eigenvalue weighted by atomic mass is 9.94. The quantitative estimate of drug-likeness (QED) is 0.490. The summed E-state index contributed by atoms with van der Waals surface area (Å²) in [6, 6.07) is 9.33. The Balaban J connectivity index is 0.000000180. The predicted octanol–water partition coefficient (Wildman–Crippen LogP) is 5.65. The SMILES string of the molecule is CCC1CCN(C(=O)C2CC2)CC1.Cc1ccc2ncc(-c3cccc(OC(F)(F)F)c3)n2n1. The van der Waals surface area contributed by atoms with Gasteiger partial charge in [-0.05, 0) is 62.8 Å². The van der Waals surface area contributed by atoms with Crippen molar-refractivity contribution in [1.82, 2.24) is 19.5 Å². The van der Waals surface area contributed by atoms with E-state index < -0.39 is 6.36 Å². The first-order chi connectivity index (χ1) is 16.2. The number of imidazole rings is 1. The number of carbonyl (C=O) groups excluding carboxylic acids is 1. The summed E-state index contributed by atoms with van der Waals surface area (Å²) in [6.07, 6.45) is 2.88. The number of aryl methyl sites for hydroxylation is 1. The van der Waals surface area contributed by atoms with E-state index >= 15 is 0 Å². The molecule has 1 aromatic carbocycles. The number of hydrogen-bond acceptors (Lipinski definition) is 4. The van der Waals surface area contributed by atoms with Crippen molar-refractivity contribution in [3.05, 3.63) is 48.3 Å². The average Bonchev–Trinajstić information content (AvgIpc) is 3.58. The van der Waals surface area contributed by atoms with Crippen LogP contribution in [0, 0.1) is 18.8 Å². The molecule has 2 aromatic heterocycles. The van der Waals surface area contributed by atoms with Crippen molar-refractivity contribution in [2.24, 2.45) is 11.8 Å². The topological polar surface area (TPSA) is 59.7 Å². The molecule has 182 valence electrons. The number of likely N-dealkylation sites (tertiary alicyclic amines) is 1. The number of rotatable bonds is 4. The molecule has 0 radical (unpaired) electrons. The summed E-state index contributed by atoms with van der Waals surface area (Å²) in [7, 11) is 0. The summed E-state index contributed by atoms with van der Waals surface area (Å²) in [5.74, 6) is 1.46. The number of piperidine rings is 1. The van der Waals surface area contributed by atoms with E-state index in [2.05, 4.69) is 26.6 Å². The second-order valence-corrected chi connectivity index (χ2v) is 8.91. The number of benzene rings is 1. The minimum absolute atomic E-state index is 0.275. The van der Waals surface area contributed by atoms with E-state index in [1.807, 2.05) is 13.0 Å². The highest BCUT2D eigenvalue weighted by molar-refractivity contribution is 5.81. The molecule has 1 aliphatic heterocycles. The number of alkyl halides is 3. The van der Waals surface area contributed by atoms with Gasteiger partial charge in [-0.25, -0.2) is 9.50 Å². The normalized spacial score (nSPS) is 16.8. The fourth-order valence-corrected chi connectivity index (χ4v) is 4.16. The van der Waals surface area contributed by atoms with Crippen LogP contribution in [0.1, 0.15) is 44.7 Å². The maximum atomic E-state index is 12.3. The van der Waals surface area contributed by atoms with E-state index in [0.29, 0.717) is 28.7 Å². The number of amides is 1. The molecule has 3 heterocycles. The lowest BCUT2D eigenvalue weighted by Crippen LogP contribution is -2.39. The number of nitrogens with zero attached hydrogens (tertiary/aromatic N) is 4. The summed E-state index contributed by atoms with van der Waals surface area (Å²) in [6.45, 7) is 6.12. The second kappa shape index (κ2) is 10.0. The molecule has 0 bridgehead atoms. The minimum Gasteiger partial charge on any atom is -0.406 e. The first-order valence-corrected chi connectivity index (χ1v) is 11.7. The standard InChI is InChI=1S/C14H10F3N3O.C11H19NO/c1-9-5-6-13-18-8-12(20(13)19-9)10-3-2-4-11(7-10)21-14(15,16)17;1-2-9-5-7-12(8-6-9)11(13)10-3-4-10/h2-8H,1H3;9-10H,2-8H2,1H3. The molecule has 0 atom stereocenters. The van der Waals surface area contributed by atoms with E-state index in [1.165, 1.54) is 37.5 Å². The molecule has 1 aliphatic carbocycles. The molecule has 0 spiro atoms. The number of hydrogen-bond donors (Lipinski definition) is 0. The maximum Gasteiger partial charge on any atom is 0.573 e. The van der Waals surface area contributed by atoms with Crippen LogP contribution in [0.4, 0.5) is 13.2 Å². The predicted molar refractivity (Wildman–Crippen MR) is 122 cm³/mol. The van der Waals surface area contributed by atoms with Gasteiger partial charge in [-0.1, -0.05) is 25.5 Å². The first kappa shape index (κ1) is 24.0. The molecular weight excluding hydrogens is 445 g/mol. The fourth-order valence-electron chi connectivity index (χ4n) is 4.16. The summed E-state index contributed by atoms with van der Waals surface area (Å²) < 4.78 is 42.3. The Bertz CT molecular complexity index is 1130. The Morgan fingerprint density at radius 3 is 2.50 bits per heavy atom. The summed E-state index contributed by atoms with van der Waals surface area (Å²) in [5, 5.41) is 4.31. The monoisotopic (exact) mass is 474 g/mol. The third-order valence-corrected chi connectivity index (χ3v) is 6.29. The van der Waals surface area contributed by atoms with Gasteiger partial charge in [0.1, 0.15) is 5.75 Å². The highest BCUT2D eigenvalue weighted by Crippen LogP contribution is 2.33. The molecule has 6 nitrogen and oxygen atoms in total. The Morgan fingerprint density at radius 1 is 1.12 bits per heavy atom. The van der Waals surface area contributed by atoms with Crippen LogP contribution in [-0.4, -0.2) is 44.9 Å². The van der Waals surface area contributed by atoms with Gasteiger partial charge in [0, 0.05) is 24.6 Å². The van der Waals surface area contributed by atoms with Gasteiger partial charge >= 0.3 is 6.36 Å². The lowest BCUT2D eigenvalue weighted by Gasteiger charge is -2.31. The van der Waals surface area contributed by atoms with Crippen LogP contribution in [0.15, 0.2) is 42.6 Å². The molecule has 1 amide bonds. The molecule has 2 fully saturated rings. The molecule has 34 heavy (non-hydrogen) atoms. The largest absolute Gasteiger partial charge is 0.573 e. The van der Waals surface area contributed by atoms with Crippen LogP contribution in [0.2, 0.25) is 0 Å². The van der Waals surface area contributed by atoms with Crippen molar-refractivity contribution in [2.75, 3.05) is 13.1 Å². The molecule has 0 unspecified atom stereocenters. The van der Waals surface area contributed by atoms with Crippen LogP contribution in [0.25, 0.3) is 16.9 Å². The third-order valence-electron chi connectivity index (χ3n) is 6.29. The van der Waals surface area contributed by atoms with Gasteiger partial charge in [0.2, 0.25) is 5.91 Å². The Labute approximate surface area is 196 Å². The molecular formula is C25H29F3N4O2. The smallest absolute Gasteiger partial charge is 0.406 e. The van der Waals surface area contributed by atoms with E-state index in [0.717, 1.165) is 37.5 Å². The highest BCUT2D eigenvalue weighted by atomic mass is 19.4. The van der Waals surface area contributed by atoms with Crippen molar-refractivity contribution in [2.45, 2.75) is 52.3 Å². The molecule has 5 rings (SSSR count). The Kier molecular flexibility index (Phi) is 7.09. The number of aromatic nitrogens is 3. The van der Waals surface area contributed by atoms with Crippen LogP contribution in [-0.2, 0) is 4.79 Å². The zero-order valence-corrected chi connectivity index (χ0v) is 19.4. The Hall–Kier alpha value is -3.10. The summed E-state index contributed by atoms with van der Waals surface area (Å²) in [5.41, 5.74) is 2.55. The number of ether oxygens (including phenoxy) is 1. The molecule has 1 saturated carbocycles. The molecule has 3 aromatic rings. The van der Waals surface area contributed by atoms with Crippen molar-refractivity contribution in [3.63, 3.8) is 0 Å². The van der Waals surface area contributed by atoms with E-state index in [4.69, 9.17) is 0 Å². The van der Waals surface area contributed by atoms with E-state index in [9.17, 15) is 18.0 Å². The van der Waals surface area contributed by atoms with Gasteiger partial charge < -0.3 is 9.64 Å². The zero-order valence-electron chi connectivity index (χ0n) is 19.4. The van der Waals surface area contributed by atoms with Crippen molar-refractivity contribution < 1.29 is 22.7 Å². The first-order valence-electron chi connectivity index (χ1n) is 11.7. The Morgan fingerprint density at radius 2 is 1.85 bits per heavy atom. The van der Waals surface area contributed by atoms with E-state index in [-0.39, 0.29) is 5.75 Å². The second-order valence-electron chi connectivity index (χ2n) is 8.91. The average molecular weight is 475 g/mol. The number of carbonyl (C=O) groups is 1. The van der Waals surface area contributed by atoms with Crippen molar-refractivity contribution >= 4 is 11.6 Å². The van der Waals surface area contributed by atoms with Crippen LogP contribution in [0.5, 0.6) is 5.75 Å². The van der Waals surface area contributed by atoms with Gasteiger partial charge in [-0.3, -0.25) is 4.79 Å². The minimum atomic E-state index is -4.72. The van der Waals surface area contributed by atoms with E-state index in [1.54, 1.807) is 22.8 Å². The van der Waals surface area contributed by atoms with Crippen molar-refractivity contribution in [1.29, 1.82) is 0 Å². The molecule has 2 aliphatic rings. The molecule has 9 heteroatoms. The highest BCUT2D eigenvalue weighted by Gasteiger charge is 2.34. The van der Waals surface area contributed by atoms with Crippen molar-refractivity contribution in [3.8, 4) is 17.0 Å². The molecule has 0 N–H and O–H groups in total. The maximum absolute atomic E-state index is 12.3. The van der Waals surface area contributed by atoms with Crippen LogP contribution >= 0.6 is 0 Å². The van der Waals surface area contributed by atoms with Gasteiger partial charge in [0.15, 0.2) is 5.65 Å². The molecule has 1 saturated heterocycles.